The molecule has 2 heterocycles. The van der Waals surface area contributed by atoms with Gasteiger partial charge in [0, 0.05) is 22.5 Å². The molecule has 7 aromatic carbocycles. The van der Waals surface area contributed by atoms with Gasteiger partial charge in [0.1, 0.15) is 0 Å². The Labute approximate surface area is 240 Å². The molecule has 9 rings (SSSR count). The summed E-state index contributed by atoms with van der Waals surface area (Å²) in [6, 6.07) is 44.0. The van der Waals surface area contributed by atoms with E-state index >= 15 is 0 Å². The number of nitrogens with zero attached hydrogens (tertiary/aromatic N) is 2. The highest BCUT2D eigenvalue weighted by atomic mass is 32.1. The van der Waals surface area contributed by atoms with Crippen LogP contribution in [0.25, 0.3) is 86.5 Å². The van der Waals surface area contributed by atoms with E-state index in [0.29, 0.717) is 0 Å². The minimum absolute atomic E-state index is 0.992. The molecule has 0 saturated heterocycles. The summed E-state index contributed by atoms with van der Waals surface area (Å²) in [5, 5.41) is 12.6. The van der Waals surface area contributed by atoms with E-state index in [1.807, 2.05) is 23.8 Å². The van der Waals surface area contributed by atoms with Crippen molar-refractivity contribution in [2.75, 3.05) is 0 Å². The molecular formula is C38H22N2S. The van der Waals surface area contributed by atoms with Gasteiger partial charge in [0.05, 0.1) is 21.4 Å². The zero-order valence-corrected chi connectivity index (χ0v) is 22.8. The fraction of sp³-hybridized carbons (Fsp3) is 0. The van der Waals surface area contributed by atoms with Crippen molar-refractivity contribution in [1.82, 2.24) is 9.97 Å². The predicted molar refractivity (Wildman–Crippen MR) is 176 cm³/mol. The first kappa shape index (κ1) is 22.7. The lowest BCUT2D eigenvalue weighted by Crippen LogP contribution is -1.89. The zero-order chi connectivity index (χ0) is 26.9. The number of thiazole rings is 1. The summed E-state index contributed by atoms with van der Waals surface area (Å²) in [4.78, 5) is 9.40. The lowest BCUT2D eigenvalue weighted by molar-refractivity contribution is 1.33. The highest BCUT2D eigenvalue weighted by Gasteiger charge is 2.16. The van der Waals surface area contributed by atoms with Gasteiger partial charge in [0.2, 0.25) is 0 Å². The molecule has 0 atom stereocenters. The first-order chi connectivity index (χ1) is 20.3. The standard InChI is InChI=1S/C38H22N2S/c1-2-9-27-26(8-1)33-20-23(15-17-28(33)29-18-16-24(21-34(27)29)35-14-5-6-19-39-35)25-12-7-13-32-36(25)30-10-3-4-11-31(30)38-37(32)40-22-41-38/h1-22H. The molecule has 0 spiro atoms. The third kappa shape index (κ3) is 3.30. The Bertz CT molecular complexity index is 2450. The number of benzene rings is 7. The smallest absolute Gasteiger partial charge is 0.0897 e. The second-order valence-electron chi connectivity index (χ2n) is 10.6. The van der Waals surface area contributed by atoms with Crippen LogP contribution in [-0.4, -0.2) is 9.97 Å². The van der Waals surface area contributed by atoms with Gasteiger partial charge in [-0.3, -0.25) is 4.98 Å². The van der Waals surface area contributed by atoms with E-state index in [2.05, 4.69) is 114 Å². The molecule has 3 heteroatoms. The van der Waals surface area contributed by atoms with Crippen LogP contribution in [0.15, 0.2) is 133 Å². The first-order valence-corrected chi connectivity index (χ1v) is 14.7. The quantitative estimate of drug-likeness (QED) is 0.205. The summed E-state index contributed by atoms with van der Waals surface area (Å²) < 4.78 is 1.26. The molecular weight excluding hydrogens is 516 g/mol. The fourth-order valence-corrected chi connectivity index (χ4v) is 7.47. The average Bonchev–Trinajstić information content (AvgIpc) is 3.55. The Kier molecular flexibility index (Phi) is 4.80. The molecule has 0 aliphatic carbocycles. The maximum atomic E-state index is 4.80. The van der Waals surface area contributed by atoms with Gasteiger partial charge in [-0.05, 0) is 78.5 Å². The maximum Gasteiger partial charge on any atom is 0.0897 e. The van der Waals surface area contributed by atoms with Crippen LogP contribution in [0.2, 0.25) is 0 Å². The van der Waals surface area contributed by atoms with Gasteiger partial charge in [0.25, 0.3) is 0 Å². The minimum atomic E-state index is 0.992. The molecule has 0 amide bonds. The molecule has 0 N–H and O–H groups in total. The van der Waals surface area contributed by atoms with Crippen LogP contribution in [-0.2, 0) is 0 Å². The Morgan fingerprint density at radius 3 is 1.83 bits per heavy atom. The van der Waals surface area contributed by atoms with E-state index in [1.54, 1.807) is 11.3 Å². The van der Waals surface area contributed by atoms with Crippen molar-refractivity contribution < 1.29 is 0 Å². The van der Waals surface area contributed by atoms with Crippen molar-refractivity contribution in [3.63, 3.8) is 0 Å². The van der Waals surface area contributed by atoms with Crippen LogP contribution in [0.3, 0.4) is 0 Å². The first-order valence-electron chi connectivity index (χ1n) is 13.8. The van der Waals surface area contributed by atoms with E-state index in [4.69, 9.17) is 4.98 Å². The van der Waals surface area contributed by atoms with Crippen LogP contribution < -0.4 is 0 Å². The van der Waals surface area contributed by atoms with Gasteiger partial charge in [-0.2, -0.15) is 0 Å². The van der Waals surface area contributed by atoms with Gasteiger partial charge in [0.15, 0.2) is 0 Å². The highest BCUT2D eigenvalue weighted by molar-refractivity contribution is 7.18. The van der Waals surface area contributed by atoms with Crippen molar-refractivity contribution in [2.45, 2.75) is 0 Å². The predicted octanol–water partition coefficient (Wildman–Crippen LogP) is 10.8. The third-order valence-corrected chi connectivity index (χ3v) is 9.30. The van der Waals surface area contributed by atoms with E-state index in [-0.39, 0.29) is 0 Å². The molecule has 0 radical (unpaired) electrons. The van der Waals surface area contributed by atoms with Gasteiger partial charge in [-0.15, -0.1) is 11.3 Å². The fourth-order valence-electron chi connectivity index (χ4n) is 6.63. The molecule has 0 unspecified atom stereocenters. The van der Waals surface area contributed by atoms with E-state index in [1.165, 1.54) is 69.7 Å². The monoisotopic (exact) mass is 538 g/mol. The summed E-state index contributed by atoms with van der Waals surface area (Å²) in [6.07, 6.45) is 1.86. The van der Waals surface area contributed by atoms with Crippen LogP contribution in [0.1, 0.15) is 0 Å². The Morgan fingerprint density at radius 2 is 1.07 bits per heavy atom. The zero-order valence-electron chi connectivity index (χ0n) is 22.0. The highest BCUT2D eigenvalue weighted by Crippen LogP contribution is 2.43. The van der Waals surface area contributed by atoms with E-state index in [0.717, 1.165) is 16.8 Å². The summed E-state index contributed by atoms with van der Waals surface area (Å²) in [5.74, 6) is 0. The van der Waals surface area contributed by atoms with Gasteiger partial charge >= 0.3 is 0 Å². The largest absolute Gasteiger partial charge is 0.256 e. The molecule has 190 valence electrons. The Hall–Kier alpha value is -5.12. The van der Waals surface area contributed by atoms with Crippen molar-refractivity contribution in [3.8, 4) is 22.4 Å². The number of hydrogen-bond acceptors (Lipinski definition) is 3. The molecule has 2 nitrogen and oxygen atoms in total. The number of pyridine rings is 1. The molecule has 0 fully saturated rings. The lowest BCUT2D eigenvalue weighted by Gasteiger charge is -2.15. The van der Waals surface area contributed by atoms with Crippen LogP contribution in [0.4, 0.5) is 0 Å². The summed E-state index contributed by atoms with van der Waals surface area (Å²) in [6.45, 7) is 0. The lowest BCUT2D eigenvalue weighted by atomic mass is 9.89. The van der Waals surface area contributed by atoms with Gasteiger partial charge in [-0.1, -0.05) is 97.1 Å². The molecule has 41 heavy (non-hydrogen) atoms. The molecule has 2 aromatic heterocycles. The molecule has 0 bridgehead atoms. The van der Waals surface area contributed by atoms with Crippen LogP contribution >= 0.6 is 11.3 Å². The van der Waals surface area contributed by atoms with Crippen molar-refractivity contribution in [3.05, 3.63) is 133 Å². The minimum Gasteiger partial charge on any atom is -0.256 e. The summed E-state index contributed by atoms with van der Waals surface area (Å²) in [7, 11) is 0. The number of rotatable bonds is 2. The normalized spacial score (nSPS) is 11.9. The SMILES string of the molecule is c1ccc(-c2ccc3c4ccc(-c5cccc6c7ncsc7c7ccccc7c56)cc4c4ccccc4c3c2)nc1. The maximum absolute atomic E-state index is 4.80. The van der Waals surface area contributed by atoms with Crippen LogP contribution in [0, 0.1) is 0 Å². The summed E-state index contributed by atoms with van der Waals surface area (Å²) in [5.41, 5.74) is 7.64. The van der Waals surface area contributed by atoms with Gasteiger partial charge < -0.3 is 0 Å². The molecule has 9 aromatic rings. The second-order valence-corrected chi connectivity index (χ2v) is 11.4. The Morgan fingerprint density at radius 1 is 0.439 bits per heavy atom. The average molecular weight is 539 g/mol. The third-order valence-electron chi connectivity index (χ3n) is 8.44. The van der Waals surface area contributed by atoms with Crippen molar-refractivity contribution in [1.29, 1.82) is 0 Å². The topological polar surface area (TPSA) is 25.8 Å². The number of aromatic nitrogens is 2. The van der Waals surface area contributed by atoms with Crippen LogP contribution in [0.5, 0.6) is 0 Å². The van der Waals surface area contributed by atoms with Gasteiger partial charge in [-0.25, -0.2) is 4.98 Å². The summed E-state index contributed by atoms with van der Waals surface area (Å²) >= 11 is 1.72. The van der Waals surface area contributed by atoms with E-state index in [9.17, 15) is 0 Å². The van der Waals surface area contributed by atoms with E-state index < -0.39 is 0 Å². The van der Waals surface area contributed by atoms with Crippen molar-refractivity contribution >= 4 is 75.4 Å². The molecule has 0 aliphatic rings. The number of hydrogen-bond donors (Lipinski definition) is 0. The number of fused-ring (bicyclic) bond motifs is 12. The van der Waals surface area contributed by atoms with Crippen molar-refractivity contribution in [2.24, 2.45) is 0 Å². The second kappa shape index (κ2) is 8.69. The molecule has 0 aliphatic heterocycles. The Balaban J connectivity index is 1.36. The molecule has 0 saturated carbocycles.